The Balaban J connectivity index is 2.54. The van der Waals surface area contributed by atoms with Gasteiger partial charge in [0.2, 0.25) is 5.91 Å². The molecule has 1 unspecified atom stereocenters. The van der Waals surface area contributed by atoms with E-state index in [4.69, 9.17) is 5.26 Å². The van der Waals surface area contributed by atoms with Gasteiger partial charge in [0.25, 0.3) is 0 Å². The fourth-order valence-electron chi connectivity index (χ4n) is 2.07. The van der Waals surface area contributed by atoms with Gasteiger partial charge in [-0.25, -0.2) is 0 Å². The first-order valence-electron chi connectivity index (χ1n) is 6.42. The predicted octanol–water partition coefficient (Wildman–Crippen LogP) is 1.24. The van der Waals surface area contributed by atoms with E-state index in [9.17, 15) is 4.79 Å². The monoisotopic (exact) mass is 237 g/mol. The van der Waals surface area contributed by atoms with Crippen LogP contribution in [0.3, 0.4) is 0 Å². The molecule has 0 aromatic carbocycles. The summed E-state index contributed by atoms with van der Waals surface area (Å²) in [5.74, 6) is 1.21. The maximum atomic E-state index is 12.3. The second-order valence-corrected chi connectivity index (χ2v) is 5.29. The quantitative estimate of drug-likeness (QED) is 0.756. The van der Waals surface area contributed by atoms with Crippen molar-refractivity contribution < 1.29 is 4.79 Å². The Hall–Kier alpha value is -1.08. The SMILES string of the molecule is CC(C)CN(CCC#N)C(=O)C(C)C1CNC1. The van der Waals surface area contributed by atoms with Crippen LogP contribution in [0.2, 0.25) is 0 Å². The van der Waals surface area contributed by atoms with E-state index in [2.05, 4.69) is 25.2 Å². The number of amides is 1. The number of nitriles is 1. The van der Waals surface area contributed by atoms with Crippen LogP contribution in [0, 0.1) is 29.1 Å². The van der Waals surface area contributed by atoms with Gasteiger partial charge in [0.1, 0.15) is 0 Å². The summed E-state index contributed by atoms with van der Waals surface area (Å²) in [6.45, 7) is 9.42. The standard InChI is InChI=1S/C13H23N3O/c1-10(2)9-16(6-4-5-14)13(17)11(3)12-7-15-8-12/h10-12,15H,4,6-9H2,1-3H3. The first-order chi connectivity index (χ1) is 8.06. The molecule has 1 aliphatic heterocycles. The molecule has 1 aliphatic rings. The lowest BCUT2D eigenvalue weighted by atomic mass is 9.87. The molecule has 1 N–H and O–H groups in total. The lowest BCUT2D eigenvalue weighted by Gasteiger charge is -2.35. The van der Waals surface area contributed by atoms with Crippen molar-refractivity contribution in [2.45, 2.75) is 27.2 Å². The zero-order valence-electron chi connectivity index (χ0n) is 11.1. The maximum Gasteiger partial charge on any atom is 0.225 e. The van der Waals surface area contributed by atoms with E-state index >= 15 is 0 Å². The number of carbonyl (C=O) groups excluding carboxylic acids is 1. The van der Waals surface area contributed by atoms with E-state index < -0.39 is 0 Å². The summed E-state index contributed by atoms with van der Waals surface area (Å²) in [5.41, 5.74) is 0. The zero-order valence-corrected chi connectivity index (χ0v) is 11.1. The molecule has 96 valence electrons. The number of carbonyl (C=O) groups is 1. The Bertz CT molecular complexity index is 292. The zero-order chi connectivity index (χ0) is 12.8. The highest BCUT2D eigenvalue weighted by Crippen LogP contribution is 2.19. The second kappa shape index (κ2) is 6.61. The Morgan fingerprint density at radius 3 is 2.53 bits per heavy atom. The summed E-state index contributed by atoms with van der Waals surface area (Å²) < 4.78 is 0. The molecular weight excluding hydrogens is 214 g/mol. The molecule has 1 amide bonds. The van der Waals surface area contributed by atoms with Gasteiger partial charge in [0.15, 0.2) is 0 Å². The molecule has 0 aliphatic carbocycles. The third-order valence-corrected chi connectivity index (χ3v) is 3.30. The number of hydrogen-bond acceptors (Lipinski definition) is 3. The van der Waals surface area contributed by atoms with Gasteiger partial charge >= 0.3 is 0 Å². The van der Waals surface area contributed by atoms with Crippen LogP contribution in [-0.2, 0) is 4.79 Å². The average molecular weight is 237 g/mol. The Morgan fingerprint density at radius 2 is 2.12 bits per heavy atom. The van der Waals surface area contributed by atoms with E-state index in [1.165, 1.54) is 0 Å². The van der Waals surface area contributed by atoms with Crippen molar-refractivity contribution in [3.63, 3.8) is 0 Å². The number of hydrogen-bond donors (Lipinski definition) is 1. The van der Waals surface area contributed by atoms with Crippen LogP contribution in [-0.4, -0.2) is 37.0 Å². The molecule has 0 bridgehead atoms. The van der Waals surface area contributed by atoms with Crippen LogP contribution in [0.4, 0.5) is 0 Å². The molecule has 1 saturated heterocycles. The molecule has 0 aromatic rings. The van der Waals surface area contributed by atoms with E-state index in [1.807, 2.05) is 11.8 Å². The summed E-state index contributed by atoms with van der Waals surface area (Å²) in [7, 11) is 0. The lowest BCUT2D eigenvalue weighted by molar-refractivity contribution is -0.137. The first kappa shape index (κ1) is 14.0. The highest BCUT2D eigenvalue weighted by molar-refractivity contribution is 5.79. The van der Waals surface area contributed by atoms with Crippen LogP contribution >= 0.6 is 0 Å². The third kappa shape index (κ3) is 4.01. The first-order valence-corrected chi connectivity index (χ1v) is 6.42. The second-order valence-electron chi connectivity index (χ2n) is 5.29. The minimum absolute atomic E-state index is 0.0775. The summed E-state index contributed by atoms with van der Waals surface area (Å²) >= 11 is 0. The molecule has 4 nitrogen and oxygen atoms in total. The van der Waals surface area contributed by atoms with E-state index in [0.717, 1.165) is 19.6 Å². The van der Waals surface area contributed by atoms with Gasteiger partial charge in [-0.05, 0) is 24.9 Å². The maximum absolute atomic E-state index is 12.3. The van der Waals surface area contributed by atoms with Gasteiger partial charge in [-0.2, -0.15) is 5.26 Å². The molecule has 17 heavy (non-hydrogen) atoms. The lowest BCUT2D eigenvalue weighted by Crippen LogP contribution is -2.51. The van der Waals surface area contributed by atoms with Gasteiger partial charge in [-0.3, -0.25) is 4.79 Å². The Morgan fingerprint density at radius 1 is 1.47 bits per heavy atom. The van der Waals surface area contributed by atoms with Gasteiger partial charge < -0.3 is 10.2 Å². The molecule has 4 heteroatoms. The molecular formula is C13H23N3O. The highest BCUT2D eigenvalue weighted by atomic mass is 16.2. The number of rotatable bonds is 6. The van der Waals surface area contributed by atoms with Crippen molar-refractivity contribution in [3.8, 4) is 6.07 Å². The predicted molar refractivity (Wildman–Crippen MR) is 67.2 cm³/mol. The summed E-state index contributed by atoms with van der Waals surface area (Å²) in [4.78, 5) is 14.2. The van der Waals surface area contributed by atoms with Crippen molar-refractivity contribution in [1.29, 1.82) is 5.26 Å². The molecule has 0 saturated carbocycles. The molecule has 1 fully saturated rings. The van der Waals surface area contributed by atoms with Crippen molar-refractivity contribution in [3.05, 3.63) is 0 Å². The van der Waals surface area contributed by atoms with E-state index in [1.54, 1.807) is 0 Å². The van der Waals surface area contributed by atoms with Crippen molar-refractivity contribution in [1.82, 2.24) is 10.2 Å². The van der Waals surface area contributed by atoms with Crippen molar-refractivity contribution in [2.24, 2.45) is 17.8 Å². The van der Waals surface area contributed by atoms with Gasteiger partial charge in [0.05, 0.1) is 12.5 Å². The molecule has 1 heterocycles. The molecule has 1 atom stereocenters. The number of nitrogens with one attached hydrogen (secondary N) is 1. The summed E-state index contributed by atoms with van der Waals surface area (Å²) in [6, 6.07) is 2.12. The number of nitrogens with zero attached hydrogens (tertiary/aromatic N) is 2. The molecule has 0 radical (unpaired) electrons. The van der Waals surface area contributed by atoms with Gasteiger partial charge in [0, 0.05) is 19.0 Å². The molecule has 0 spiro atoms. The van der Waals surface area contributed by atoms with E-state index in [0.29, 0.717) is 24.8 Å². The van der Waals surface area contributed by atoms with Crippen LogP contribution in [0.5, 0.6) is 0 Å². The molecule has 1 rings (SSSR count). The average Bonchev–Trinajstić information content (AvgIpc) is 2.20. The van der Waals surface area contributed by atoms with Crippen LogP contribution in [0.15, 0.2) is 0 Å². The van der Waals surface area contributed by atoms with Crippen molar-refractivity contribution in [2.75, 3.05) is 26.2 Å². The van der Waals surface area contributed by atoms with Gasteiger partial charge in [-0.1, -0.05) is 20.8 Å². The van der Waals surface area contributed by atoms with Crippen LogP contribution in [0.25, 0.3) is 0 Å². The topological polar surface area (TPSA) is 56.1 Å². The Labute approximate surface area is 104 Å². The summed E-state index contributed by atoms with van der Waals surface area (Å²) in [6.07, 6.45) is 0.425. The highest BCUT2D eigenvalue weighted by Gasteiger charge is 2.31. The van der Waals surface area contributed by atoms with Crippen molar-refractivity contribution >= 4 is 5.91 Å². The largest absolute Gasteiger partial charge is 0.341 e. The third-order valence-electron chi connectivity index (χ3n) is 3.30. The van der Waals surface area contributed by atoms with E-state index in [-0.39, 0.29) is 11.8 Å². The molecule has 0 aromatic heterocycles. The van der Waals surface area contributed by atoms with Crippen LogP contribution < -0.4 is 5.32 Å². The minimum Gasteiger partial charge on any atom is -0.341 e. The smallest absolute Gasteiger partial charge is 0.225 e. The van der Waals surface area contributed by atoms with Gasteiger partial charge in [-0.15, -0.1) is 0 Å². The fourth-order valence-corrected chi connectivity index (χ4v) is 2.07. The van der Waals surface area contributed by atoms with Crippen LogP contribution in [0.1, 0.15) is 27.2 Å². The summed E-state index contributed by atoms with van der Waals surface area (Å²) in [5, 5.41) is 11.8. The Kier molecular flexibility index (Phi) is 5.43. The normalized spacial score (nSPS) is 17.4. The fraction of sp³-hybridized carbons (Fsp3) is 0.846. The minimum atomic E-state index is 0.0775.